The zero-order chi connectivity index (χ0) is 32.6. The molecule has 45 heavy (non-hydrogen) atoms. The van der Waals surface area contributed by atoms with Crippen LogP contribution in [0.3, 0.4) is 0 Å². The summed E-state index contributed by atoms with van der Waals surface area (Å²) in [6, 6.07) is 30.2. The number of sulfonamides is 1. The number of anilines is 1. The number of methoxy groups -OCH3 is 1. The number of halogens is 1. The molecular formula is C35H38ClN3O5S. The molecule has 0 spiro atoms. The lowest BCUT2D eigenvalue weighted by Gasteiger charge is -2.35. The summed E-state index contributed by atoms with van der Waals surface area (Å²) in [7, 11) is -2.78. The molecule has 0 saturated carbocycles. The van der Waals surface area contributed by atoms with Crippen molar-refractivity contribution in [2.24, 2.45) is 0 Å². The summed E-state index contributed by atoms with van der Waals surface area (Å²) in [5.74, 6) is -0.549. The van der Waals surface area contributed by atoms with Crippen LogP contribution in [0.5, 0.6) is 5.75 Å². The van der Waals surface area contributed by atoms with Crippen LogP contribution in [0.25, 0.3) is 0 Å². The normalized spacial score (nSPS) is 12.2. The van der Waals surface area contributed by atoms with E-state index in [0.717, 1.165) is 15.4 Å². The van der Waals surface area contributed by atoms with E-state index in [4.69, 9.17) is 16.3 Å². The molecule has 0 heterocycles. The molecule has 236 valence electrons. The van der Waals surface area contributed by atoms with Gasteiger partial charge >= 0.3 is 0 Å². The fraction of sp³-hybridized carbons (Fsp3) is 0.257. The first kappa shape index (κ1) is 33.6. The third-order valence-electron chi connectivity index (χ3n) is 7.00. The quantitative estimate of drug-likeness (QED) is 0.201. The van der Waals surface area contributed by atoms with Gasteiger partial charge in [0.05, 0.1) is 22.7 Å². The van der Waals surface area contributed by atoms with Gasteiger partial charge in [0.25, 0.3) is 10.0 Å². The number of hydrogen-bond acceptors (Lipinski definition) is 5. The van der Waals surface area contributed by atoms with Gasteiger partial charge in [-0.1, -0.05) is 90.5 Å². The molecule has 0 aromatic heterocycles. The minimum Gasteiger partial charge on any atom is -0.495 e. The van der Waals surface area contributed by atoms with Crippen molar-refractivity contribution in [2.45, 2.75) is 50.2 Å². The second-order valence-corrected chi connectivity index (χ2v) is 13.9. The monoisotopic (exact) mass is 647 g/mol. The van der Waals surface area contributed by atoms with Gasteiger partial charge in [-0.25, -0.2) is 8.42 Å². The molecule has 4 rings (SSSR count). The minimum absolute atomic E-state index is 0.00524. The number of amides is 2. The van der Waals surface area contributed by atoms with Crippen LogP contribution < -0.4 is 14.4 Å². The summed E-state index contributed by atoms with van der Waals surface area (Å²) in [6.45, 7) is 5.11. The van der Waals surface area contributed by atoms with Crippen molar-refractivity contribution in [3.05, 3.63) is 125 Å². The number of hydrogen-bond donors (Lipinski definition) is 1. The Hall–Kier alpha value is -4.34. The summed E-state index contributed by atoms with van der Waals surface area (Å²) in [4.78, 5) is 29.9. The van der Waals surface area contributed by atoms with E-state index in [-0.39, 0.29) is 34.5 Å². The third kappa shape index (κ3) is 8.86. The first-order valence-electron chi connectivity index (χ1n) is 14.5. The Morgan fingerprint density at radius 1 is 0.844 bits per heavy atom. The van der Waals surface area contributed by atoms with Gasteiger partial charge in [-0.15, -0.1) is 0 Å². The molecular weight excluding hydrogens is 610 g/mol. The number of nitrogens with one attached hydrogen (secondary N) is 1. The second kappa shape index (κ2) is 14.6. The minimum atomic E-state index is -4.24. The van der Waals surface area contributed by atoms with Crippen molar-refractivity contribution in [3.63, 3.8) is 0 Å². The van der Waals surface area contributed by atoms with Gasteiger partial charge in [0, 0.05) is 18.5 Å². The molecule has 0 aliphatic heterocycles. The number of benzene rings is 4. The molecule has 10 heteroatoms. The standard InChI is InChI=1S/C35H38ClN3O5S/c1-35(2,3)37-34(41)31(22-26-14-8-5-9-15-26)38(24-27-16-10-6-11-17-27)33(40)25-39(28-20-21-32(44-4)30(36)23-28)45(42,43)29-18-12-7-13-19-29/h5-21,23,31H,22,24-25H2,1-4H3,(H,37,41)/t31-/m0/s1. The number of rotatable bonds is 12. The van der Waals surface area contributed by atoms with Crippen LogP contribution >= 0.6 is 11.6 Å². The van der Waals surface area contributed by atoms with E-state index in [1.807, 2.05) is 81.4 Å². The Morgan fingerprint density at radius 3 is 1.93 bits per heavy atom. The molecule has 0 aliphatic rings. The van der Waals surface area contributed by atoms with Crippen LogP contribution in [-0.2, 0) is 32.6 Å². The summed E-state index contributed by atoms with van der Waals surface area (Å²) >= 11 is 6.43. The van der Waals surface area contributed by atoms with E-state index < -0.39 is 34.1 Å². The van der Waals surface area contributed by atoms with Crippen molar-refractivity contribution < 1.29 is 22.7 Å². The predicted octanol–water partition coefficient (Wildman–Crippen LogP) is 6.10. The third-order valence-corrected chi connectivity index (χ3v) is 9.08. The van der Waals surface area contributed by atoms with E-state index in [0.29, 0.717) is 5.75 Å². The summed E-state index contributed by atoms with van der Waals surface area (Å²) < 4.78 is 34.5. The first-order valence-corrected chi connectivity index (χ1v) is 16.3. The molecule has 0 fully saturated rings. The van der Waals surface area contributed by atoms with E-state index in [9.17, 15) is 18.0 Å². The Labute approximate surface area is 270 Å². The molecule has 1 N–H and O–H groups in total. The van der Waals surface area contributed by atoms with Gasteiger partial charge in [-0.05, 0) is 62.2 Å². The van der Waals surface area contributed by atoms with Gasteiger partial charge in [0.1, 0.15) is 18.3 Å². The highest BCUT2D eigenvalue weighted by atomic mass is 35.5. The van der Waals surface area contributed by atoms with Gasteiger partial charge in [0.15, 0.2) is 0 Å². The zero-order valence-corrected chi connectivity index (χ0v) is 27.4. The van der Waals surface area contributed by atoms with Crippen molar-refractivity contribution in [1.29, 1.82) is 0 Å². The Morgan fingerprint density at radius 2 is 1.40 bits per heavy atom. The van der Waals surface area contributed by atoms with E-state index in [1.165, 1.54) is 36.3 Å². The molecule has 0 saturated heterocycles. The highest BCUT2D eigenvalue weighted by Gasteiger charge is 2.35. The average molecular weight is 648 g/mol. The average Bonchev–Trinajstić information content (AvgIpc) is 3.02. The maximum atomic E-state index is 14.5. The smallest absolute Gasteiger partial charge is 0.264 e. The Bertz CT molecular complexity index is 1700. The zero-order valence-electron chi connectivity index (χ0n) is 25.8. The lowest BCUT2D eigenvalue weighted by Crippen LogP contribution is -2.56. The predicted molar refractivity (Wildman–Crippen MR) is 178 cm³/mol. The van der Waals surface area contributed by atoms with Crippen LogP contribution in [0, 0.1) is 0 Å². The number of ether oxygens (including phenoxy) is 1. The summed E-state index contributed by atoms with van der Waals surface area (Å²) in [6.07, 6.45) is 0.223. The van der Waals surface area contributed by atoms with Crippen LogP contribution in [0.1, 0.15) is 31.9 Å². The molecule has 0 bridgehead atoms. The molecule has 1 atom stereocenters. The number of nitrogens with zero attached hydrogens (tertiary/aromatic N) is 2. The fourth-order valence-corrected chi connectivity index (χ4v) is 6.52. The maximum absolute atomic E-state index is 14.5. The van der Waals surface area contributed by atoms with E-state index in [1.54, 1.807) is 24.3 Å². The molecule has 8 nitrogen and oxygen atoms in total. The number of carbonyl (C=O) groups excluding carboxylic acids is 2. The lowest BCUT2D eigenvalue weighted by molar-refractivity contribution is -0.140. The van der Waals surface area contributed by atoms with Crippen LogP contribution in [-0.4, -0.2) is 50.4 Å². The van der Waals surface area contributed by atoms with Crippen molar-refractivity contribution in [2.75, 3.05) is 18.0 Å². The Kier molecular flexibility index (Phi) is 10.9. The molecule has 0 unspecified atom stereocenters. The summed E-state index contributed by atoms with van der Waals surface area (Å²) in [5.41, 5.74) is 1.25. The van der Waals surface area contributed by atoms with E-state index >= 15 is 0 Å². The highest BCUT2D eigenvalue weighted by Crippen LogP contribution is 2.32. The topological polar surface area (TPSA) is 96.0 Å². The van der Waals surface area contributed by atoms with Gasteiger partial charge in [-0.2, -0.15) is 0 Å². The number of carbonyl (C=O) groups is 2. The van der Waals surface area contributed by atoms with Crippen molar-refractivity contribution >= 4 is 39.1 Å². The lowest BCUT2D eigenvalue weighted by atomic mass is 10.0. The largest absolute Gasteiger partial charge is 0.495 e. The van der Waals surface area contributed by atoms with E-state index in [2.05, 4.69) is 5.32 Å². The van der Waals surface area contributed by atoms with Crippen LogP contribution in [0.2, 0.25) is 5.02 Å². The van der Waals surface area contributed by atoms with Crippen molar-refractivity contribution in [1.82, 2.24) is 10.2 Å². The van der Waals surface area contributed by atoms with Crippen molar-refractivity contribution in [3.8, 4) is 5.75 Å². The highest BCUT2D eigenvalue weighted by molar-refractivity contribution is 7.92. The molecule has 4 aromatic rings. The molecule has 0 radical (unpaired) electrons. The fourth-order valence-electron chi connectivity index (χ4n) is 4.85. The first-order chi connectivity index (χ1) is 21.4. The molecule has 2 amide bonds. The maximum Gasteiger partial charge on any atom is 0.264 e. The SMILES string of the molecule is COc1ccc(N(CC(=O)N(Cc2ccccc2)[C@@H](Cc2ccccc2)C(=O)NC(C)(C)C)S(=O)(=O)c2ccccc2)cc1Cl. The van der Waals surface area contributed by atoms with Gasteiger partial charge < -0.3 is 15.0 Å². The van der Waals surface area contributed by atoms with Crippen LogP contribution in [0.15, 0.2) is 114 Å². The molecule has 4 aromatic carbocycles. The van der Waals surface area contributed by atoms with Gasteiger partial charge in [-0.3, -0.25) is 13.9 Å². The molecule has 0 aliphatic carbocycles. The summed E-state index contributed by atoms with van der Waals surface area (Å²) in [5, 5.41) is 3.21. The second-order valence-electron chi connectivity index (χ2n) is 11.6. The van der Waals surface area contributed by atoms with Gasteiger partial charge in [0.2, 0.25) is 11.8 Å². The Balaban J connectivity index is 1.82. The van der Waals surface area contributed by atoms with Crippen LogP contribution in [0.4, 0.5) is 5.69 Å².